The normalized spacial score (nSPS) is 11.6. The average molecular weight is 275 g/mol. The molecular weight excluding hydrogens is 258 g/mol. The van der Waals surface area contributed by atoms with Gasteiger partial charge >= 0.3 is 0 Å². The highest BCUT2D eigenvalue weighted by Gasteiger charge is 2.20. The Labute approximate surface area is 116 Å². The Morgan fingerprint density at radius 3 is 2.70 bits per heavy atom. The summed E-state index contributed by atoms with van der Waals surface area (Å²) in [4.78, 5) is 16.6. The zero-order valence-corrected chi connectivity index (χ0v) is 11.7. The fraction of sp³-hybridized carbons (Fsp3) is 0.357. The fourth-order valence-electron chi connectivity index (χ4n) is 2.29. The maximum absolute atomic E-state index is 11.0. The van der Waals surface area contributed by atoms with Gasteiger partial charge in [-0.3, -0.25) is 10.1 Å². The molecule has 1 aromatic heterocycles. The molecule has 0 atom stereocenters. The third-order valence-corrected chi connectivity index (χ3v) is 2.96. The Hall–Kier alpha value is -2.21. The van der Waals surface area contributed by atoms with E-state index in [0.29, 0.717) is 17.4 Å². The second-order valence-electron chi connectivity index (χ2n) is 5.43. The van der Waals surface area contributed by atoms with Gasteiger partial charge in [-0.15, -0.1) is 0 Å². The first-order valence-electron chi connectivity index (χ1n) is 6.25. The molecular formula is C14H17N3O3. The number of benzene rings is 1. The third-order valence-electron chi connectivity index (χ3n) is 2.96. The van der Waals surface area contributed by atoms with Crippen LogP contribution in [0.1, 0.15) is 13.8 Å². The van der Waals surface area contributed by atoms with Gasteiger partial charge in [-0.25, -0.2) is 4.98 Å². The van der Waals surface area contributed by atoms with Crippen LogP contribution in [0, 0.1) is 10.1 Å². The summed E-state index contributed by atoms with van der Waals surface area (Å²) >= 11 is 0. The number of likely N-dealkylation sites (N-methyl/N-ethyl adjacent to an activating group) is 1. The van der Waals surface area contributed by atoms with Gasteiger partial charge in [-0.1, -0.05) is 12.1 Å². The van der Waals surface area contributed by atoms with Crippen molar-refractivity contribution in [2.75, 3.05) is 18.5 Å². The number of fused-ring (bicyclic) bond motifs is 1. The van der Waals surface area contributed by atoms with Gasteiger partial charge in [0.2, 0.25) is 0 Å². The molecule has 0 aliphatic heterocycles. The molecule has 0 unspecified atom stereocenters. The second kappa shape index (κ2) is 5.05. The van der Waals surface area contributed by atoms with Gasteiger partial charge in [0.25, 0.3) is 5.69 Å². The number of pyridine rings is 1. The molecule has 2 rings (SSSR count). The third kappa shape index (κ3) is 2.85. The monoisotopic (exact) mass is 275 g/mol. The lowest BCUT2D eigenvalue weighted by Crippen LogP contribution is -2.36. The summed E-state index contributed by atoms with van der Waals surface area (Å²) in [6.45, 7) is 3.85. The van der Waals surface area contributed by atoms with E-state index in [2.05, 4.69) is 4.98 Å². The number of non-ortho nitro benzene ring substituents is 1. The molecule has 2 aromatic rings. The van der Waals surface area contributed by atoms with Crippen molar-refractivity contribution in [1.29, 1.82) is 0 Å². The molecule has 20 heavy (non-hydrogen) atoms. The van der Waals surface area contributed by atoms with Crippen LogP contribution in [0.3, 0.4) is 0 Å². The largest absolute Gasteiger partial charge is 0.389 e. The van der Waals surface area contributed by atoms with Crippen LogP contribution in [0.2, 0.25) is 0 Å². The van der Waals surface area contributed by atoms with E-state index in [9.17, 15) is 15.2 Å². The van der Waals surface area contributed by atoms with E-state index in [1.54, 1.807) is 38.2 Å². The lowest BCUT2D eigenvalue weighted by atomic mass is 10.1. The smallest absolute Gasteiger partial charge is 0.295 e. The highest BCUT2D eigenvalue weighted by Crippen LogP contribution is 2.30. The summed E-state index contributed by atoms with van der Waals surface area (Å²) < 4.78 is 0. The Morgan fingerprint density at radius 2 is 2.10 bits per heavy atom. The number of aliphatic hydroxyl groups is 1. The van der Waals surface area contributed by atoms with E-state index in [1.165, 1.54) is 6.07 Å². The van der Waals surface area contributed by atoms with Crippen molar-refractivity contribution < 1.29 is 10.0 Å². The average Bonchev–Trinajstić information content (AvgIpc) is 2.35. The first kappa shape index (κ1) is 14.2. The molecule has 0 aliphatic rings. The number of anilines is 1. The van der Waals surface area contributed by atoms with Crippen LogP contribution in [0.25, 0.3) is 10.9 Å². The van der Waals surface area contributed by atoms with Gasteiger partial charge in [0, 0.05) is 36.9 Å². The van der Waals surface area contributed by atoms with Crippen LogP contribution >= 0.6 is 0 Å². The molecule has 106 valence electrons. The van der Waals surface area contributed by atoms with Crippen molar-refractivity contribution in [1.82, 2.24) is 4.98 Å². The van der Waals surface area contributed by atoms with Crippen molar-refractivity contribution in [3.05, 3.63) is 40.6 Å². The molecule has 0 radical (unpaired) electrons. The first-order valence-corrected chi connectivity index (χ1v) is 6.25. The summed E-state index contributed by atoms with van der Waals surface area (Å²) in [6, 6.07) is 6.67. The van der Waals surface area contributed by atoms with Gasteiger partial charge in [0.05, 0.1) is 10.5 Å². The highest BCUT2D eigenvalue weighted by atomic mass is 16.6. The number of aromatic nitrogens is 1. The van der Waals surface area contributed by atoms with E-state index in [4.69, 9.17) is 0 Å². The molecule has 0 saturated heterocycles. The topological polar surface area (TPSA) is 79.5 Å². The van der Waals surface area contributed by atoms with Crippen molar-refractivity contribution in [3.63, 3.8) is 0 Å². The molecule has 0 aliphatic carbocycles. The molecule has 0 spiro atoms. The number of nitro groups is 1. The number of hydrogen-bond donors (Lipinski definition) is 1. The zero-order valence-electron chi connectivity index (χ0n) is 11.7. The summed E-state index contributed by atoms with van der Waals surface area (Å²) in [5.41, 5.74) is 0.296. The van der Waals surface area contributed by atoms with E-state index in [1.807, 2.05) is 11.9 Å². The summed E-state index contributed by atoms with van der Waals surface area (Å²) in [5.74, 6) is 0. The van der Waals surface area contributed by atoms with Gasteiger partial charge in [-0.2, -0.15) is 0 Å². The Kier molecular flexibility index (Phi) is 3.59. The zero-order chi connectivity index (χ0) is 14.9. The predicted octanol–water partition coefficient (Wildman–Crippen LogP) is 2.35. The van der Waals surface area contributed by atoms with Crippen molar-refractivity contribution in [2.45, 2.75) is 19.4 Å². The van der Waals surface area contributed by atoms with Crippen molar-refractivity contribution in [3.8, 4) is 0 Å². The molecule has 1 N–H and O–H groups in total. The van der Waals surface area contributed by atoms with Crippen molar-refractivity contribution in [2.24, 2.45) is 0 Å². The number of para-hydroxylation sites is 1. The minimum Gasteiger partial charge on any atom is -0.389 e. The Balaban J connectivity index is 2.55. The standard InChI is InChI=1S/C14H17N3O3/c1-14(2,18)9-16(3)11-7-8-15-13-10(11)5-4-6-12(13)17(19)20/h4-8,18H,9H2,1-3H3. The van der Waals surface area contributed by atoms with Crippen LogP contribution in [-0.4, -0.2) is 34.2 Å². The SMILES string of the molecule is CN(CC(C)(C)O)c1ccnc2c([N+](=O)[O-])cccc12. The minimum absolute atomic E-state index is 0.0130. The Bertz CT molecular complexity index is 650. The van der Waals surface area contributed by atoms with E-state index in [-0.39, 0.29) is 5.69 Å². The first-order chi connectivity index (χ1) is 9.29. The van der Waals surface area contributed by atoms with Gasteiger partial charge < -0.3 is 10.0 Å². The number of rotatable bonds is 4. The highest BCUT2D eigenvalue weighted by molar-refractivity contribution is 5.96. The van der Waals surface area contributed by atoms with Crippen LogP contribution < -0.4 is 4.90 Å². The van der Waals surface area contributed by atoms with E-state index < -0.39 is 10.5 Å². The lowest BCUT2D eigenvalue weighted by Gasteiger charge is -2.28. The van der Waals surface area contributed by atoms with E-state index in [0.717, 1.165) is 5.69 Å². The maximum atomic E-state index is 11.0. The minimum atomic E-state index is -0.856. The summed E-state index contributed by atoms with van der Waals surface area (Å²) in [7, 11) is 1.84. The molecule has 6 nitrogen and oxygen atoms in total. The van der Waals surface area contributed by atoms with Crippen LogP contribution in [0.5, 0.6) is 0 Å². The Morgan fingerprint density at radius 1 is 1.40 bits per heavy atom. The predicted molar refractivity (Wildman–Crippen MR) is 78.0 cm³/mol. The quantitative estimate of drug-likeness (QED) is 0.684. The molecule has 1 heterocycles. The van der Waals surface area contributed by atoms with Crippen molar-refractivity contribution >= 4 is 22.3 Å². The van der Waals surface area contributed by atoms with Gasteiger partial charge in [0.1, 0.15) is 5.52 Å². The molecule has 0 bridgehead atoms. The molecule has 0 amide bonds. The fourth-order valence-corrected chi connectivity index (χ4v) is 2.29. The summed E-state index contributed by atoms with van der Waals surface area (Å²) in [6.07, 6.45) is 1.55. The number of nitrogens with zero attached hydrogens (tertiary/aromatic N) is 3. The number of nitro benzene ring substituents is 1. The van der Waals surface area contributed by atoms with Crippen LogP contribution in [-0.2, 0) is 0 Å². The molecule has 6 heteroatoms. The second-order valence-corrected chi connectivity index (χ2v) is 5.43. The summed E-state index contributed by atoms with van der Waals surface area (Å²) in [5, 5.41) is 21.6. The lowest BCUT2D eigenvalue weighted by molar-refractivity contribution is -0.383. The van der Waals surface area contributed by atoms with Gasteiger partial charge in [-0.05, 0) is 19.9 Å². The van der Waals surface area contributed by atoms with Gasteiger partial charge in [0.15, 0.2) is 0 Å². The van der Waals surface area contributed by atoms with E-state index >= 15 is 0 Å². The molecule has 1 aromatic carbocycles. The molecule has 0 fully saturated rings. The van der Waals surface area contributed by atoms with Crippen LogP contribution in [0.15, 0.2) is 30.5 Å². The number of hydrogen-bond acceptors (Lipinski definition) is 5. The molecule has 0 saturated carbocycles. The van der Waals surface area contributed by atoms with Crippen LogP contribution in [0.4, 0.5) is 11.4 Å². The maximum Gasteiger partial charge on any atom is 0.295 e.